The molecule has 0 fully saturated rings. The Kier molecular flexibility index (Phi) is 3.10. The molecule has 1 aromatic rings. The summed E-state index contributed by atoms with van der Waals surface area (Å²) in [5, 5.41) is 5.68. The number of ether oxygens (including phenoxy) is 1. The number of hydrogen-bond donors (Lipinski definition) is 2. The fourth-order valence-electron chi connectivity index (χ4n) is 1.90. The van der Waals surface area contributed by atoms with E-state index in [1.807, 2.05) is 25.1 Å². The van der Waals surface area contributed by atoms with Crippen molar-refractivity contribution in [3.8, 4) is 0 Å². The van der Waals surface area contributed by atoms with Crippen LogP contribution in [-0.2, 0) is 14.3 Å². The first-order valence-corrected chi connectivity index (χ1v) is 5.34. The van der Waals surface area contributed by atoms with Crippen molar-refractivity contribution in [2.45, 2.75) is 13.0 Å². The summed E-state index contributed by atoms with van der Waals surface area (Å²) in [5.41, 5.74) is 2.72. The van der Waals surface area contributed by atoms with Crippen LogP contribution < -0.4 is 10.6 Å². The molecule has 5 heteroatoms. The predicted molar refractivity (Wildman–Crippen MR) is 62.6 cm³/mol. The number of methoxy groups -OCH3 is 1. The van der Waals surface area contributed by atoms with Crippen molar-refractivity contribution in [1.29, 1.82) is 0 Å². The van der Waals surface area contributed by atoms with Gasteiger partial charge < -0.3 is 10.1 Å². The Balaban J connectivity index is 2.18. The van der Waals surface area contributed by atoms with Crippen LogP contribution in [0.15, 0.2) is 18.2 Å². The second kappa shape index (κ2) is 4.55. The van der Waals surface area contributed by atoms with E-state index in [0.29, 0.717) is 0 Å². The molecule has 0 saturated heterocycles. The zero-order valence-corrected chi connectivity index (χ0v) is 9.74. The minimum atomic E-state index is -0.482. The van der Waals surface area contributed by atoms with E-state index in [4.69, 9.17) is 0 Å². The van der Waals surface area contributed by atoms with Crippen LogP contribution in [0.4, 0.5) is 5.69 Å². The van der Waals surface area contributed by atoms with Crippen molar-refractivity contribution in [3.63, 3.8) is 0 Å². The Morgan fingerprint density at radius 2 is 2.29 bits per heavy atom. The molecule has 2 N–H and O–H groups in total. The lowest BCUT2D eigenvalue weighted by molar-refractivity contribution is -0.139. The second-order valence-electron chi connectivity index (χ2n) is 3.92. The second-order valence-corrected chi connectivity index (χ2v) is 3.92. The highest BCUT2D eigenvalue weighted by atomic mass is 16.5. The summed E-state index contributed by atoms with van der Waals surface area (Å²) in [6.45, 7) is 1.95. The van der Waals surface area contributed by atoms with E-state index in [0.717, 1.165) is 16.8 Å². The van der Waals surface area contributed by atoms with Gasteiger partial charge in [-0.25, -0.2) is 0 Å². The van der Waals surface area contributed by atoms with Crippen LogP contribution >= 0.6 is 0 Å². The largest absolute Gasteiger partial charge is 0.468 e. The summed E-state index contributed by atoms with van der Waals surface area (Å²) >= 11 is 0. The van der Waals surface area contributed by atoms with Crippen molar-refractivity contribution in [3.05, 3.63) is 29.3 Å². The lowest BCUT2D eigenvalue weighted by Gasteiger charge is -2.10. The molecule has 1 aliphatic heterocycles. The maximum Gasteiger partial charge on any atom is 0.319 e. The number of para-hydroxylation sites is 1. The monoisotopic (exact) mass is 234 g/mol. The molecule has 90 valence electrons. The zero-order chi connectivity index (χ0) is 12.4. The molecule has 0 spiro atoms. The van der Waals surface area contributed by atoms with Crippen LogP contribution in [0.1, 0.15) is 17.2 Å². The molecule has 1 unspecified atom stereocenters. The van der Waals surface area contributed by atoms with Crippen molar-refractivity contribution in [2.24, 2.45) is 0 Å². The third kappa shape index (κ3) is 2.14. The lowest BCUT2D eigenvalue weighted by atomic mass is 10.1. The molecule has 1 aromatic carbocycles. The van der Waals surface area contributed by atoms with Crippen molar-refractivity contribution in [2.75, 3.05) is 19.0 Å². The van der Waals surface area contributed by atoms with Gasteiger partial charge in [-0.1, -0.05) is 18.2 Å². The normalized spacial score (nSPS) is 17.5. The van der Waals surface area contributed by atoms with Crippen LogP contribution in [0.25, 0.3) is 0 Å². The van der Waals surface area contributed by atoms with Crippen LogP contribution in [0, 0.1) is 6.92 Å². The minimum absolute atomic E-state index is 0.0158. The molecule has 0 aliphatic carbocycles. The highest BCUT2D eigenvalue weighted by Gasteiger charge is 2.31. The highest BCUT2D eigenvalue weighted by Crippen LogP contribution is 2.32. The van der Waals surface area contributed by atoms with Crippen molar-refractivity contribution in [1.82, 2.24) is 5.32 Å². The summed E-state index contributed by atoms with van der Waals surface area (Å²) < 4.78 is 4.52. The molecule has 0 bridgehead atoms. The third-order valence-electron chi connectivity index (χ3n) is 2.80. The van der Waals surface area contributed by atoms with Gasteiger partial charge in [-0.15, -0.1) is 0 Å². The van der Waals surface area contributed by atoms with E-state index >= 15 is 0 Å². The van der Waals surface area contributed by atoms with Gasteiger partial charge in [0.2, 0.25) is 5.91 Å². The molecular weight excluding hydrogens is 220 g/mol. The van der Waals surface area contributed by atoms with Gasteiger partial charge in [0, 0.05) is 11.3 Å². The number of fused-ring (bicyclic) bond motifs is 1. The molecule has 17 heavy (non-hydrogen) atoms. The Hall–Kier alpha value is -1.88. The summed E-state index contributed by atoms with van der Waals surface area (Å²) in [4.78, 5) is 22.8. The smallest absolute Gasteiger partial charge is 0.319 e. The van der Waals surface area contributed by atoms with E-state index < -0.39 is 6.04 Å². The van der Waals surface area contributed by atoms with Gasteiger partial charge in [-0.3, -0.25) is 14.9 Å². The maximum atomic E-state index is 11.8. The molecule has 1 atom stereocenters. The number of esters is 1. The van der Waals surface area contributed by atoms with Crippen molar-refractivity contribution < 1.29 is 14.3 Å². The number of anilines is 1. The molecule has 1 aliphatic rings. The van der Waals surface area contributed by atoms with Gasteiger partial charge in [0.25, 0.3) is 0 Å². The standard InChI is InChI=1S/C12H14N2O3/c1-7-4-3-5-8-10(7)14-12(16)11(8)13-6-9(15)17-2/h3-5,11,13H,6H2,1-2H3,(H,14,16). The number of amides is 1. The molecular formula is C12H14N2O3. The topological polar surface area (TPSA) is 67.4 Å². The van der Waals surface area contributed by atoms with E-state index in [9.17, 15) is 9.59 Å². The predicted octanol–water partition coefficient (Wildman–Crippen LogP) is 0.751. The number of carbonyl (C=O) groups is 2. The van der Waals surface area contributed by atoms with Crippen LogP contribution in [0.5, 0.6) is 0 Å². The quantitative estimate of drug-likeness (QED) is 0.757. The summed E-state index contributed by atoms with van der Waals surface area (Å²) in [6.07, 6.45) is 0. The Morgan fingerprint density at radius 1 is 1.53 bits per heavy atom. The number of hydrogen-bond acceptors (Lipinski definition) is 4. The number of nitrogens with one attached hydrogen (secondary N) is 2. The van der Waals surface area contributed by atoms with E-state index in [2.05, 4.69) is 15.4 Å². The van der Waals surface area contributed by atoms with Crippen LogP contribution in [-0.4, -0.2) is 25.5 Å². The van der Waals surface area contributed by atoms with E-state index in [1.165, 1.54) is 7.11 Å². The Morgan fingerprint density at radius 3 is 3.00 bits per heavy atom. The zero-order valence-electron chi connectivity index (χ0n) is 9.74. The number of carbonyl (C=O) groups excluding carboxylic acids is 2. The van der Waals surface area contributed by atoms with E-state index in [1.54, 1.807) is 0 Å². The summed E-state index contributed by atoms with van der Waals surface area (Å²) in [7, 11) is 1.32. The molecule has 0 saturated carbocycles. The maximum absolute atomic E-state index is 11.8. The fraction of sp³-hybridized carbons (Fsp3) is 0.333. The van der Waals surface area contributed by atoms with Gasteiger partial charge in [-0.05, 0) is 12.5 Å². The van der Waals surface area contributed by atoms with Gasteiger partial charge in [-0.2, -0.15) is 0 Å². The molecule has 1 heterocycles. The van der Waals surface area contributed by atoms with Crippen LogP contribution in [0.2, 0.25) is 0 Å². The highest BCUT2D eigenvalue weighted by molar-refractivity contribution is 6.03. The summed E-state index contributed by atoms with van der Waals surface area (Å²) in [5.74, 6) is -0.530. The molecule has 0 radical (unpaired) electrons. The van der Waals surface area contributed by atoms with Gasteiger partial charge in [0.15, 0.2) is 0 Å². The summed E-state index contributed by atoms with van der Waals surface area (Å²) in [6, 6.07) is 5.21. The fourth-order valence-corrected chi connectivity index (χ4v) is 1.90. The first-order chi connectivity index (χ1) is 8.13. The van der Waals surface area contributed by atoms with Gasteiger partial charge in [0.05, 0.1) is 13.7 Å². The average Bonchev–Trinajstić information content (AvgIpc) is 2.64. The number of benzene rings is 1. The van der Waals surface area contributed by atoms with Gasteiger partial charge >= 0.3 is 5.97 Å². The third-order valence-corrected chi connectivity index (χ3v) is 2.80. The van der Waals surface area contributed by atoms with E-state index in [-0.39, 0.29) is 18.4 Å². The van der Waals surface area contributed by atoms with Crippen LogP contribution in [0.3, 0.4) is 0 Å². The molecule has 1 amide bonds. The molecule has 0 aromatic heterocycles. The Labute approximate surface area is 99.2 Å². The molecule has 5 nitrogen and oxygen atoms in total. The Bertz CT molecular complexity index is 471. The lowest BCUT2D eigenvalue weighted by Crippen LogP contribution is -2.32. The molecule has 2 rings (SSSR count). The average molecular weight is 234 g/mol. The number of rotatable bonds is 3. The first-order valence-electron chi connectivity index (χ1n) is 5.34. The van der Waals surface area contributed by atoms with Gasteiger partial charge in [0.1, 0.15) is 6.04 Å². The number of aryl methyl sites for hydroxylation is 1. The first kappa shape index (κ1) is 11.6. The van der Waals surface area contributed by atoms with Crippen molar-refractivity contribution >= 4 is 17.6 Å². The SMILES string of the molecule is COC(=O)CNC1C(=O)Nc2c(C)cccc21. The minimum Gasteiger partial charge on any atom is -0.468 e.